The first kappa shape index (κ1) is 16.2. The van der Waals surface area contributed by atoms with Gasteiger partial charge < -0.3 is 9.64 Å². The Morgan fingerprint density at radius 2 is 2.04 bits per heavy atom. The lowest BCUT2D eigenvalue weighted by Gasteiger charge is -2.23. The molecule has 6 heteroatoms. The van der Waals surface area contributed by atoms with Gasteiger partial charge in [-0.05, 0) is 25.3 Å². The van der Waals surface area contributed by atoms with Crippen LogP contribution in [0.15, 0.2) is 36.5 Å². The molecular formula is C18H21N3O3. The largest absolute Gasteiger partial charge is 0.459 e. The number of carbonyl (C=O) groups is 2. The molecule has 1 amide bonds. The molecule has 1 aliphatic heterocycles. The zero-order valence-electron chi connectivity index (χ0n) is 13.9. The third kappa shape index (κ3) is 3.18. The van der Waals surface area contributed by atoms with Crippen LogP contribution in [0.4, 0.5) is 0 Å². The van der Waals surface area contributed by atoms with E-state index in [1.165, 1.54) is 0 Å². The predicted octanol–water partition coefficient (Wildman–Crippen LogP) is 2.08. The maximum absolute atomic E-state index is 12.7. The van der Waals surface area contributed by atoms with Crippen LogP contribution in [0.3, 0.4) is 0 Å². The molecule has 1 aromatic carbocycles. The molecule has 0 unspecified atom stereocenters. The summed E-state index contributed by atoms with van der Waals surface area (Å²) in [6.45, 7) is 2.64. The fourth-order valence-corrected chi connectivity index (χ4v) is 2.94. The molecular weight excluding hydrogens is 306 g/mol. The maximum atomic E-state index is 12.7. The second-order valence-corrected chi connectivity index (χ2v) is 6.02. The molecule has 0 saturated carbocycles. The lowest BCUT2D eigenvalue weighted by molar-refractivity contribution is -0.149. The van der Waals surface area contributed by atoms with Gasteiger partial charge in [-0.1, -0.05) is 30.3 Å². The van der Waals surface area contributed by atoms with Gasteiger partial charge in [0.1, 0.15) is 12.6 Å². The van der Waals surface area contributed by atoms with Gasteiger partial charge in [-0.15, -0.1) is 0 Å². The number of benzene rings is 1. The lowest BCUT2D eigenvalue weighted by atomic mass is 10.2. The highest BCUT2D eigenvalue weighted by molar-refractivity contribution is 5.97. The number of ether oxygens (including phenoxy) is 1. The van der Waals surface area contributed by atoms with Crippen LogP contribution in [-0.2, 0) is 23.2 Å². The van der Waals surface area contributed by atoms with Gasteiger partial charge in [0.2, 0.25) is 0 Å². The van der Waals surface area contributed by atoms with E-state index in [9.17, 15) is 9.59 Å². The highest BCUT2D eigenvalue weighted by atomic mass is 16.5. The third-order valence-corrected chi connectivity index (χ3v) is 4.48. The van der Waals surface area contributed by atoms with E-state index in [-0.39, 0.29) is 18.5 Å². The summed E-state index contributed by atoms with van der Waals surface area (Å²) in [5.41, 5.74) is 2.27. The second kappa shape index (κ2) is 6.86. The van der Waals surface area contributed by atoms with E-state index in [2.05, 4.69) is 5.10 Å². The topological polar surface area (TPSA) is 64.4 Å². The monoisotopic (exact) mass is 327 g/mol. The normalized spacial score (nSPS) is 17.1. The first-order valence-electron chi connectivity index (χ1n) is 8.08. The Morgan fingerprint density at radius 3 is 2.71 bits per heavy atom. The SMILES string of the molecule is Cc1c(C(=O)N2CCC[C@H]2C(=O)OCc2ccccc2)cnn1C. The van der Waals surface area contributed by atoms with Crippen LogP contribution in [-0.4, -0.2) is 39.1 Å². The zero-order valence-corrected chi connectivity index (χ0v) is 13.9. The maximum Gasteiger partial charge on any atom is 0.329 e. The van der Waals surface area contributed by atoms with Crippen molar-refractivity contribution in [1.82, 2.24) is 14.7 Å². The Labute approximate surface area is 141 Å². The second-order valence-electron chi connectivity index (χ2n) is 6.02. The summed E-state index contributed by atoms with van der Waals surface area (Å²) >= 11 is 0. The molecule has 1 aromatic heterocycles. The van der Waals surface area contributed by atoms with E-state index in [1.807, 2.05) is 37.3 Å². The molecule has 24 heavy (non-hydrogen) atoms. The quantitative estimate of drug-likeness (QED) is 0.807. The number of likely N-dealkylation sites (tertiary alicyclic amines) is 1. The number of aromatic nitrogens is 2. The van der Waals surface area contributed by atoms with E-state index in [0.717, 1.165) is 17.7 Å². The summed E-state index contributed by atoms with van der Waals surface area (Å²) in [6, 6.07) is 9.02. The molecule has 1 aliphatic rings. The number of carbonyl (C=O) groups excluding carboxylic acids is 2. The third-order valence-electron chi connectivity index (χ3n) is 4.48. The summed E-state index contributed by atoms with van der Waals surface area (Å²) in [5, 5.41) is 4.11. The lowest BCUT2D eigenvalue weighted by Crippen LogP contribution is -2.41. The van der Waals surface area contributed by atoms with E-state index in [0.29, 0.717) is 18.5 Å². The number of nitrogens with zero attached hydrogens (tertiary/aromatic N) is 3. The van der Waals surface area contributed by atoms with Crippen molar-refractivity contribution in [2.24, 2.45) is 7.05 Å². The number of hydrogen-bond donors (Lipinski definition) is 0. The van der Waals surface area contributed by atoms with Crippen molar-refractivity contribution in [3.8, 4) is 0 Å². The number of aryl methyl sites for hydroxylation is 1. The first-order valence-corrected chi connectivity index (χ1v) is 8.08. The van der Waals surface area contributed by atoms with Gasteiger partial charge in [-0.25, -0.2) is 4.79 Å². The van der Waals surface area contributed by atoms with Crippen molar-refractivity contribution in [3.63, 3.8) is 0 Å². The molecule has 2 heterocycles. The summed E-state index contributed by atoms with van der Waals surface area (Å²) in [4.78, 5) is 26.8. The van der Waals surface area contributed by atoms with Crippen molar-refractivity contribution < 1.29 is 14.3 Å². The standard InChI is InChI=1S/C18H21N3O3/c1-13-15(11-19-20(13)2)17(22)21-10-6-9-16(21)18(23)24-12-14-7-4-3-5-8-14/h3-5,7-8,11,16H,6,9-10,12H2,1-2H3/t16-/m0/s1. The van der Waals surface area contributed by atoms with Gasteiger partial charge in [0, 0.05) is 19.3 Å². The van der Waals surface area contributed by atoms with Crippen LogP contribution in [0.5, 0.6) is 0 Å². The molecule has 1 atom stereocenters. The minimum atomic E-state index is -0.513. The molecule has 1 fully saturated rings. The van der Waals surface area contributed by atoms with E-state index >= 15 is 0 Å². The molecule has 0 bridgehead atoms. The van der Waals surface area contributed by atoms with Crippen molar-refractivity contribution >= 4 is 11.9 Å². The molecule has 1 saturated heterocycles. The van der Waals surface area contributed by atoms with Crippen LogP contribution >= 0.6 is 0 Å². The van der Waals surface area contributed by atoms with Crippen LogP contribution in [0.25, 0.3) is 0 Å². The summed E-state index contributed by atoms with van der Waals surface area (Å²) < 4.78 is 7.07. The average molecular weight is 327 g/mol. The summed E-state index contributed by atoms with van der Waals surface area (Å²) in [6.07, 6.45) is 3.00. The molecule has 0 N–H and O–H groups in total. The Kier molecular flexibility index (Phi) is 4.64. The highest BCUT2D eigenvalue weighted by Gasteiger charge is 2.36. The molecule has 0 aliphatic carbocycles. The van der Waals surface area contributed by atoms with Crippen molar-refractivity contribution in [3.05, 3.63) is 53.3 Å². The summed E-state index contributed by atoms with van der Waals surface area (Å²) in [7, 11) is 1.79. The number of rotatable bonds is 4. The van der Waals surface area contributed by atoms with Crippen LogP contribution in [0.1, 0.15) is 34.5 Å². The molecule has 0 radical (unpaired) electrons. The Balaban J connectivity index is 1.67. The molecule has 3 rings (SSSR count). The minimum Gasteiger partial charge on any atom is -0.459 e. The predicted molar refractivity (Wildman–Crippen MR) is 88.2 cm³/mol. The van der Waals surface area contributed by atoms with Crippen molar-refractivity contribution in [1.29, 1.82) is 0 Å². The highest BCUT2D eigenvalue weighted by Crippen LogP contribution is 2.22. The van der Waals surface area contributed by atoms with Gasteiger partial charge in [-0.2, -0.15) is 5.10 Å². The minimum absolute atomic E-state index is 0.153. The van der Waals surface area contributed by atoms with Crippen molar-refractivity contribution in [2.75, 3.05) is 6.54 Å². The first-order chi connectivity index (χ1) is 11.6. The van der Waals surface area contributed by atoms with Gasteiger partial charge >= 0.3 is 5.97 Å². The fraction of sp³-hybridized carbons (Fsp3) is 0.389. The molecule has 0 spiro atoms. The smallest absolute Gasteiger partial charge is 0.329 e. The molecule has 6 nitrogen and oxygen atoms in total. The van der Waals surface area contributed by atoms with E-state index in [1.54, 1.807) is 22.8 Å². The Bertz CT molecular complexity index is 739. The Morgan fingerprint density at radius 1 is 1.29 bits per heavy atom. The van der Waals surface area contributed by atoms with Crippen LogP contribution in [0, 0.1) is 6.92 Å². The average Bonchev–Trinajstić information content (AvgIpc) is 3.21. The van der Waals surface area contributed by atoms with Crippen LogP contribution in [0.2, 0.25) is 0 Å². The van der Waals surface area contributed by atoms with E-state index in [4.69, 9.17) is 4.74 Å². The van der Waals surface area contributed by atoms with Gasteiger partial charge in [-0.3, -0.25) is 9.48 Å². The number of esters is 1. The van der Waals surface area contributed by atoms with Gasteiger partial charge in [0.05, 0.1) is 11.8 Å². The molecule has 126 valence electrons. The number of amides is 1. The Hall–Kier alpha value is -2.63. The number of hydrogen-bond acceptors (Lipinski definition) is 4. The molecule has 2 aromatic rings. The fourth-order valence-electron chi connectivity index (χ4n) is 2.94. The van der Waals surface area contributed by atoms with Gasteiger partial charge in [0.25, 0.3) is 5.91 Å². The van der Waals surface area contributed by atoms with Crippen LogP contribution < -0.4 is 0 Å². The van der Waals surface area contributed by atoms with Gasteiger partial charge in [0.15, 0.2) is 0 Å². The van der Waals surface area contributed by atoms with Crippen molar-refractivity contribution in [2.45, 2.75) is 32.4 Å². The van der Waals surface area contributed by atoms with E-state index < -0.39 is 6.04 Å². The zero-order chi connectivity index (χ0) is 17.1. The summed E-state index contributed by atoms with van der Waals surface area (Å²) in [5.74, 6) is -0.494.